The molecule has 5 aromatic carbocycles. The fraction of sp³-hybridized carbons (Fsp3) is 0.0909. The Hall–Kier alpha value is -4.10. The van der Waals surface area contributed by atoms with Gasteiger partial charge in [-0.25, -0.2) is 0 Å². The molecule has 0 saturated carbocycles. The van der Waals surface area contributed by atoms with Gasteiger partial charge in [-0.2, -0.15) is 0 Å². The number of anilines is 1. The van der Waals surface area contributed by atoms with Crippen LogP contribution in [0.5, 0.6) is 0 Å². The van der Waals surface area contributed by atoms with Crippen LogP contribution in [0.2, 0.25) is 0 Å². The SMILES string of the molecule is Cc1cccc(C(c2ccccc2)(c2cccc(-c3ccc(N)cc3)c2)c2ccccc2C)c1. The smallest absolute Gasteiger partial charge is 0.0704 e. The summed E-state index contributed by atoms with van der Waals surface area (Å²) < 4.78 is 0. The highest BCUT2D eigenvalue weighted by molar-refractivity contribution is 5.70. The number of aryl methyl sites for hydroxylation is 2. The number of nitrogens with two attached hydrogens (primary N) is 1. The quantitative estimate of drug-likeness (QED) is 0.218. The van der Waals surface area contributed by atoms with Crippen molar-refractivity contribution in [3.05, 3.63) is 161 Å². The highest BCUT2D eigenvalue weighted by Crippen LogP contribution is 2.47. The zero-order chi connectivity index (χ0) is 23.5. The molecule has 1 nitrogen and oxygen atoms in total. The topological polar surface area (TPSA) is 26.0 Å². The van der Waals surface area contributed by atoms with Crippen LogP contribution in [-0.2, 0) is 5.41 Å². The zero-order valence-corrected chi connectivity index (χ0v) is 19.7. The van der Waals surface area contributed by atoms with Crippen LogP contribution in [0.15, 0.2) is 127 Å². The Morgan fingerprint density at radius 2 is 1.12 bits per heavy atom. The van der Waals surface area contributed by atoms with Crippen LogP contribution >= 0.6 is 0 Å². The second-order valence-corrected chi connectivity index (χ2v) is 9.00. The van der Waals surface area contributed by atoms with Gasteiger partial charge in [-0.3, -0.25) is 0 Å². The molecule has 2 N–H and O–H groups in total. The third kappa shape index (κ3) is 3.80. The molecule has 1 heteroatoms. The first kappa shape index (κ1) is 21.7. The molecule has 0 aromatic heterocycles. The second-order valence-electron chi connectivity index (χ2n) is 9.00. The fourth-order valence-electron chi connectivity index (χ4n) is 5.13. The monoisotopic (exact) mass is 439 g/mol. The lowest BCUT2D eigenvalue weighted by Gasteiger charge is -2.38. The van der Waals surface area contributed by atoms with Crippen molar-refractivity contribution in [1.29, 1.82) is 0 Å². The van der Waals surface area contributed by atoms with Crippen molar-refractivity contribution in [1.82, 2.24) is 0 Å². The van der Waals surface area contributed by atoms with Crippen molar-refractivity contribution in [3.63, 3.8) is 0 Å². The molecule has 0 fully saturated rings. The Morgan fingerprint density at radius 3 is 1.82 bits per heavy atom. The molecule has 0 radical (unpaired) electrons. The van der Waals surface area contributed by atoms with Gasteiger partial charge < -0.3 is 5.73 Å². The molecule has 1 atom stereocenters. The fourth-order valence-corrected chi connectivity index (χ4v) is 5.13. The van der Waals surface area contributed by atoms with Gasteiger partial charge in [-0.1, -0.05) is 115 Å². The molecule has 0 aliphatic carbocycles. The van der Waals surface area contributed by atoms with E-state index in [0.717, 1.165) is 11.3 Å². The first-order valence-corrected chi connectivity index (χ1v) is 11.7. The van der Waals surface area contributed by atoms with E-state index < -0.39 is 5.41 Å². The Kier molecular flexibility index (Phi) is 5.77. The summed E-state index contributed by atoms with van der Waals surface area (Å²) in [5.41, 5.74) is 16.2. The molecule has 0 spiro atoms. The van der Waals surface area contributed by atoms with Crippen molar-refractivity contribution in [3.8, 4) is 11.1 Å². The van der Waals surface area contributed by atoms with Crippen LogP contribution in [0.25, 0.3) is 11.1 Å². The molecule has 0 saturated heterocycles. The van der Waals surface area contributed by atoms with Gasteiger partial charge in [-0.05, 0) is 71.0 Å². The second kappa shape index (κ2) is 9.03. The zero-order valence-electron chi connectivity index (χ0n) is 19.7. The van der Waals surface area contributed by atoms with Gasteiger partial charge in [0.2, 0.25) is 0 Å². The molecule has 34 heavy (non-hydrogen) atoms. The predicted molar refractivity (Wildman–Crippen MR) is 144 cm³/mol. The Balaban J connectivity index is 1.88. The average Bonchev–Trinajstić information content (AvgIpc) is 2.87. The van der Waals surface area contributed by atoms with Crippen molar-refractivity contribution in [2.75, 3.05) is 5.73 Å². The summed E-state index contributed by atoms with van der Waals surface area (Å²) in [6.45, 7) is 4.38. The summed E-state index contributed by atoms with van der Waals surface area (Å²) in [5.74, 6) is 0. The molecule has 5 aromatic rings. The molecular formula is C33H29N. The summed E-state index contributed by atoms with van der Waals surface area (Å²) in [6.07, 6.45) is 0. The minimum atomic E-state index is -0.456. The summed E-state index contributed by atoms with van der Waals surface area (Å²) >= 11 is 0. The molecule has 0 amide bonds. The number of benzene rings is 5. The van der Waals surface area contributed by atoms with Crippen LogP contribution in [0, 0.1) is 13.8 Å². The van der Waals surface area contributed by atoms with Crippen molar-refractivity contribution < 1.29 is 0 Å². The third-order valence-electron chi connectivity index (χ3n) is 6.75. The Labute approximate surface area is 202 Å². The standard InChI is InChI=1S/C33H29N/c1-24-10-8-15-29(22-24)33(28-13-4-3-5-14-28,32-17-7-6-11-25(32)2)30-16-9-12-27(23-30)26-18-20-31(34)21-19-26/h3-23H,34H2,1-2H3. The third-order valence-corrected chi connectivity index (χ3v) is 6.75. The van der Waals surface area contributed by atoms with E-state index in [-0.39, 0.29) is 0 Å². The van der Waals surface area contributed by atoms with Gasteiger partial charge in [0.25, 0.3) is 0 Å². The normalized spacial score (nSPS) is 12.8. The van der Waals surface area contributed by atoms with Crippen molar-refractivity contribution >= 4 is 5.69 Å². The molecular weight excluding hydrogens is 410 g/mol. The van der Waals surface area contributed by atoms with Crippen LogP contribution in [0.1, 0.15) is 33.4 Å². The number of nitrogen functional groups attached to an aromatic ring is 1. The van der Waals surface area contributed by atoms with Crippen LogP contribution in [0.3, 0.4) is 0 Å². The van der Waals surface area contributed by atoms with Gasteiger partial charge in [0.1, 0.15) is 0 Å². The van der Waals surface area contributed by atoms with E-state index in [2.05, 4.69) is 129 Å². The van der Waals surface area contributed by atoms with Gasteiger partial charge >= 0.3 is 0 Å². The maximum absolute atomic E-state index is 5.96. The van der Waals surface area contributed by atoms with E-state index in [0.29, 0.717) is 0 Å². The Bertz CT molecular complexity index is 1420. The maximum Gasteiger partial charge on any atom is 0.0704 e. The lowest BCUT2D eigenvalue weighted by Crippen LogP contribution is -2.32. The minimum Gasteiger partial charge on any atom is -0.399 e. The minimum absolute atomic E-state index is 0.456. The average molecular weight is 440 g/mol. The molecule has 0 heterocycles. The number of rotatable bonds is 5. The van der Waals surface area contributed by atoms with Crippen molar-refractivity contribution in [2.45, 2.75) is 19.3 Å². The van der Waals surface area contributed by atoms with Crippen LogP contribution in [-0.4, -0.2) is 0 Å². The summed E-state index contributed by atoms with van der Waals surface area (Å²) in [4.78, 5) is 0. The lowest BCUT2D eigenvalue weighted by atomic mass is 9.63. The highest BCUT2D eigenvalue weighted by Gasteiger charge is 2.39. The summed E-state index contributed by atoms with van der Waals surface area (Å²) in [6, 6.07) is 45.7. The van der Waals surface area contributed by atoms with Gasteiger partial charge in [0.05, 0.1) is 5.41 Å². The number of hydrogen-bond acceptors (Lipinski definition) is 1. The summed E-state index contributed by atoms with van der Waals surface area (Å²) in [7, 11) is 0. The van der Waals surface area contributed by atoms with Gasteiger partial charge in [-0.15, -0.1) is 0 Å². The molecule has 0 bridgehead atoms. The first-order chi connectivity index (χ1) is 16.6. The highest BCUT2D eigenvalue weighted by atomic mass is 14.5. The largest absolute Gasteiger partial charge is 0.399 e. The molecule has 0 aliphatic rings. The summed E-state index contributed by atoms with van der Waals surface area (Å²) in [5, 5.41) is 0. The maximum atomic E-state index is 5.96. The first-order valence-electron chi connectivity index (χ1n) is 11.7. The molecule has 166 valence electrons. The Morgan fingerprint density at radius 1 is 0.500 bits per heavy atom. The van der Waals surface area contributed by atoms with E-state index in [9.17, 15) is 0 Å². The molecule has 0 aliphatic heterocycles. The van der Waals surface area contributed by atoms with E-state index in [1.807, 2.05) is 12.1 Å². The van der Waals surface area contributed by atoms with Crippen molar-refractivity contribution in [2.24, 2.45) is 0 Å². The number of hydrogen-bond donors (Lipinski definition) is 1. The van der Waals surface area contributed by atoms with Crippen LogP contribution in [0.4, 0.5) is 5.69 Å². The lowest BCUT2D eigenvalue weighted by molar-refractivity contribution is 0.738. The molecule has 5 rings (SSSR count). The van der Waals surface area contributed by atoms with E-state index in [1.165, 1.54) is 38.9 Å². The predicted octanol–water partition coefficient (Wildman–Crippen LogP) is 7.94. The van der Waals surface area contributed by atoms with E-state index in [1.54, 1.807) is 0 Å². The van der Waals surface area contributed by atoms with Gasteiger partial charge in [0, 0.05) is 5.69 Å². The van der Waals surface area contributed by atoms with E-state index >= 15 is 0 Å². The van der Waals surface area contributed by atoms with E-state index in [4.69, 9.17) is 5.73 Å². The molecule has 1 unspecified atom stereocenters. The van der Waals surface area contributed by atoms with Gasteiger partial charge in [0.15, 0.2) is 0 Å². The van der Waals surface area contributed by atoms with Crippen LogP contribution < -0.4 is 5.73 Å².